The van der Waals surface area contributed by atoms with Gasteiger partial charge >= 0.3 is 0 Å². The summed E-state index contributed by atoms with van der Waals surface area (Å²) in [4.78, 5) is 29.2. The highest BCUT2D eigenvalue weighted by atomic mass is 35.5. The highest BCUT2D eigenvalue weighted by molar-refractivity contribution is 8.18. The Labute approximate surface area is 219 Å². The molecule has 1 aliphatic heterocycles. The van der Waals surface area contributed by atoms with Gasteiger partial charge in [-0.2, -0.15) is 0 Å². The predicted octanol–water partition coefficient (Wildman–Crippen LogP) is 7.14. The molecule has 1 heterocycles. The lowest BCUT2D eigenvalue weighted by Crippen LogP contribution is -2.28. The molecule has 1 saturated heterocycles. The fourth-order valence-corrected chi connectivity index (χ4v) is 4.96. The minimum atomic E-state index is -0.561. The van der Waals surface area contributed by atoms with Crippen LogP contribution < -0.4 is 9.64 Å². The molecule has 3 aromatic rings. The molecule has 0 saturated carbocycles. The van der Waals surface area contributed by atoms with Gasteiger partial charge in [0.15, 0.2) is 0 Å². The second-order valence-electron chi connectivity index (χ2n) is 8.14. The number of hydrogen-bond acceptors (Lipinski definition) is 5. The Morgan fingerprint density at radius 1 is 1.03 bits per heavy atom. The van der Waals surface area contributed by atoms with Gasteiger partial charge in [0.1, 0.15) is 18.2 Å². The molecule has 2 amide bonds. The van der Waals surface area contributed by atoms with Gasteiger partial charge in [0.05, 0.1) is 11.4 Å². The van der Waals surface area contributed by atoms with E-state index in [1.165, 1.54) is 18.2 Å². The molecular weight excluding hydrogens is 499 g/mol. The molecule has 0 radical (unpaired) electrons. The number of thioether (sulfide) groups is 1. The molecule has 0 aromatic heterocycles. The number of anilines is 1. The Kier molecular flexibility index (Phi) is 8.33. The van der Waals surface area contributed by atoms with Gasteiger partial charge in [-0.25, -0.2) is 4.39 Å². The van der Waals surface area contributed by atoms with Crippen molar-refractivity contribution >= 4 is 46.3 Å². The van der Waals surface area contributed by atoms with Gasteiger partial charge < -0.3 is 9.64 Å². The van der Waals surface area contributed by atoms with E-state index >= 15 is 0 Å². The minimum Gasteiger partial charge on any atom is -0.488 e. The maximum atomic E-state index is 14.3. The van der Waals surface area contributed by atoms with E-state index in [1.807, 2.05) is 48.5 Å². The molecule has 8 heteroatoms. The largest absolute Gasteiger partial charge is 0.488 e. The molecule has 0 atom stereocenters. The smallest absolute Gasteiger partial charge is 0.293 e. The maximum absolute atomic E-state index is 14.3. The molecule has 1 aliphatic rings. The minimum absolute atomic E-state index is 0.109. The molecule has 1 fully saturated rings. The molecule has 0 bridgehead atoms. The molecule has 4 rings (SSSR count). The van der Waals surface area contributed by atoms with Crippen LogP contribution in [0.1, 0.15) is 30.5 Å². The van der Waals surface area contributed by atoms with Gasteiger partial charge in [-0.15, -0.1) is 0 Å². The summed E-state index contributed by atoms with van der Waals surface area (Å²) in [5, 5.41) is -0.307. The third kappa shape index (κ3) is 5.74. The van der Waals surface area contributed by atoms with Crippen molar-refractivity contribution in [3.8, 4) is 5.75 Å². The highest BCUT2D eigenvalue weighted by Crippen LogP contribution is 2.37. The number of amides is 2. The topological polar surface area (TPSA) is 49.9 Å². The lowest BCUT2D eigenvalue weighted by Gasteiger charge is -2.22. The van der Waals surface area contributed by atoms with Crippen molar-refractivity contribution in [2.75, 3.05) is 18.0 Å². The first-order chi connectivity index (χ1) is 17.4. The average Bonchev–Trinajstić information content (AvgIpc) is 3.14. The zero-order valence-corrected chi connectivity index (χ0v) is 21.6. The van der Waals surface area contributed by atoms with Crippen molar-refractivity contribution in [2.45, 2.75) is 27.0 Å². The lowest BCUT2D eigenvalue weighted by molar-refractivity contribution is -0.123. The maximum Gasteiger partial charge on any atom is 0.293 e. The van der Waals surface area contributed by atoms with Gasteiger partial charge in [-0.1, -0.05) is 48.0 Å². The number of rotatable bonds is 9. The van der Waals surface area contributed by atoms with Gasteiger partial charge in [-0.3, -0.25) is 14.5 Å². The van der Waals surface area contributed by atoms with Gasteiger partial charge in [0.25, 0.3) is 11.1 Å². The summed E-state index contributed by atoms with van der Waals surface area (Å²) in [5.74, 6) is -0.451. The first-order valence-corrected chi connectivity index (χ1v) is 12.8. The molecule has 3 aromatic carbocycles. The third-order valence-corrected chi connectivity index (χ3v) is 7.16. The fourth-order valence-electron chi connectivity index (χ4n) is 3.91. The molecule has 0 N–H and O–H groups in total. The van der Waals surface area contributed by atoms with Gasteiger partial charge in [-0.05, 0) is 61.5 Å². The SMILES string of the molecule is CCN(CC)c1ccc(/C=C2\SC(=O)N(Cc3c(F)cccc3Cl)C2=O)c(OCc2ccccc2)c1. The Morgan fingerprint density at radius 3 is 2.47 bits per heavy atom. The number of halogens is 2. The summed E-state index contributed by atoms with van der Waals surface area (Å²) < 4.78 is 20.4. The van der Waals surface area contributed by atoms with Crippen molar-refractivity contribution in [3.05, 3.63) is 99.2 Å². The molecule has 0 unspecified atom stereocenters. The van der Waals surface area contributed by atoms with Crippen molar-refractivity contribution in [1.82, 2.24) is 4.90 Å². The van der Waals surface area contributed by atoms with Gasteiger partial charge in [0.2, 0.25) is 0 Å². The molecule has 0 spiro atoms. The van der Waals surface area contributed by atoms with E-state index in [0.29, 0.717) is 17.9 Å². The van der Waals surface area contributed by atoms with E-state index in [4.69, 9.17) is 16.3 Å². The third-order valence-electron chi connectivity index (χ3n) is 5.90. The van der Waals surface area contributed by atoms with Crippen LogP contribution in [0.4, 0.5) is 14.9 Å². The normalized spacial score (nSPS) is 14.6. The van der Waals surface area contributed by atoms with Crippen LogP contribution in [0.3, 0.4) is 0 Å². The van der Waals surface area contributed by atoms with Crippen molar-refractivity contribution < 1.29 is 18.7 Å². The summed E-state index contributed by atoms with van der Waals surface area (Å²) >= 11 is 6.93. The number of ether oxygens (including phenoxy) is 1. The van der Waals surface area contributed by atoms with E-state index in [1.54, 1.807) is 6.08 Å². The summed E-state index contributed by atoms with van der Waals surface area (Å²) in [6, 6.07) is 19.9. The first kappa shape index (κ1) is 25.8. The van der Waals surface area contributed by atoms with Crippen molar-refractivity contribution in [2.24, 2.45) is 0 Å². The van der Waals surface area contributed by atoms with Crippen LogP contribution in [-0.2, 0) is 17.9 Å². The van der Waals surface area contributed by atoms with E-state index in [2.05, 4.69) is 18.7 Å². The molecule has 186 valence electrons. The van der Waals surface area contributed by atoms with E-state index < -0.39 is 17.0 Å². The number of nitrogens with zero attached hydrogens (tertiary/aromatic N) is 2. The van der Waals surface area contributed by atoms with Crippen molar-refractivity contribution in [1.29, 1.82) is 0 Å². The lowest BCUT2D eigenvalue weighted by atomic mass is 10.1. The summed E-state index contributed by atoms with van der Waals surface area (Å²) in [6.45, 7) is 5.97. The van der Waals surface area contributed by atoms with Crippen LogP contribution in [-0.4, -0.2) is 29.1 Å². The Balaban J connectivity index is 1.63. The van der Waals surface area contributed by atoms with Crippen LogP contribution in [0.25, 0.3) is 6.08 Å². The number of carbonyl (C=O) groups excluding carboxylic acids is 2. The Bertz CT molecular complexity index is 1270. The second-order valence-corrected chi connectivity index (χ2v) is 9.54. The summed E-state index contributed by atoms with van der Waals surface area (Å²) in [6.07, 6.45) is 1.65. The van der Waals surface area contributed by atoms with E-state index in [0.717, 1.165) is 41.0 Å². The number of carbonyl (C=O) groups is 2. The van der Waals surface area contributed by atoms with Crippen LogP contribution in [0.15, 0.2) is 71.6 Å². The number of imide groups is 1. The standard InChI is InChI=1S/C28H26ClFN2O3S/c1-3-31(4-2)21-14-13-20(25(16-21)35-18-19-9-6-5-7-10-19)15-26-27(33)32(28(34)36-26)17-22-23(29)11-8-12-24(22)30/h5-16H,3-4,17-18H2,1-2H3/b26-15-. The first-order valence-electron chi connectivity index (χ1n) is 11.6. The van der Waals surface area contributed by atoms with Crippen LogP contribution in [0.5, 0.6) is 5.75 Å². The van der Waals surface area contributed by atoms with Crippen LogP contribution >= 0.6 is 23.4 Å². The summed E-state index contributed by atoms with van der Waals surface area (Å²) in [7, 11) is 0. The summed E-state index contributed by atoms with van der Waals surface area (Å²) in [5.41, 5.74) is 2.80. The van der Waals surface area contributed by atoms with E-state index in [-0.39, 0.29) is 22.0 Å². The van der Waals surface area contributed by atoms with Crippen LogP contribution in [0.2, 0.25) is 5.02 Å². The zero-order chi connectivity index (χ0) is 25.7. The number of benzene rings is 3. The number of hydrogen-bond donors (Lipinski definition) is 0. The predicted molar refractivity (Wildman–Crippen MR) is 144 cm³/mol. The van der Waals surface area contributed by atoms with Crippen LogP contribution in [0, 0.1) is 5.82 Å². The molecule has 36 heavy (non-hydrogen) atoms. The fraction of sp³-hybridized carbons (Fsp3) is 0.214. The Hall–Kier alpha value is -3.29. The molecule has 5 nitrogen and oxygen atoms in total. The van der Waals surface area contributed by atoms with Crippen molar-refractivity contribution in [3.63, 3.8) is 0 Å². The second kappa shape index (κ2) is 11.6. The monoisotopic (exact) mass is 524 g/mol. The highest BCUT2D eigenvalue weighted by Gasteiger charge is 2.36. The average molecular weight is 525 g/mol. The van der Waals surface area contributed by atoms with Gasteiger partial charge in [0, 0.05) is 41.0 Å². The molecule has 0 aliphatic carbocycles. The van der Waals surface area contributed by atoms with E-state index in [9.17, 15) is 14.0 Å². The Morgan fingerprint density at radius 2 is 1.78 bits per heavy atom. The molecular formula is C28H26ClFN2O3S. The quantitative estimate of drug-likeness (QED) is 0.278. The zero-order valence-electron chi connectivity index (χ0n) is 20.0.